The molecule has 4 nitrogen and oxygen atoms in total. The molecule has 1 N–H and O–H groups in total. The van der Waals surface area contributed by atoms with E-state index in [4.69, 9.17) is 5.11 Å². The first-order chi connectivity index (χ1) is 12.3. The Morgan fingerprint density at radius 2 is 1.62 bits per heavy atom. The first-order valence-electron chi connectivity index (χ1n) is 8.34. The van der Waals surface area contributed by atoms with Gasteiger partial charge in [0.1, 0.15) is 0 Å². The number of nitrogens with zero attached hydrogens (tertiary/aromatic N) is 1. The Balaban J connectivity index is 2.04. The van der Waals surface area contributed by atoms with Gasteiger partial charge in [0.15, 0.2) is 11.6 Å². The number of rotatable bonds is 8. The van der Waals surface area contributed by atoms with Gasteiger partial charge >= 0.3 is 5.97 Å². The first-order valence-corrected chi connectivity index (χ1v) is 8.34. The molecule has 0 saturated heterocycles. The monoisotopic (exact) mass is 361 g/mol. The zero-order valence-corrected chi connectivity index (χ0v) is 14.5. The van der Waals surface area contributed by atoms with Crippen molar-refractivity contribution in [1.82, 2.24) is 4.90 Å². The molecule has 1 amide bonds. The number of aliphatic carboxylic acids is 1. The van der Waals surface area contributed by atoms with Gasteiger partial charge in [-0.25, -0.2) is 8.78 Å². The third-order valence-electron chi connectivity index (χ3n) is 4.05. The summed E-state index contributed by atoms with van der Waals surface area (Å²) in [7, 11) is 0. The largest absolute Gasteiger partial charge is 0.481 e. The van der Waals surface area contributed by atoms with E-state index in [1.54, 1.807) is 0 Å². The second-order valence-electron chi connectivity index (χ2n) is 6.19. The van der Waals surface area contributed by atoms with Crippen molar-refractivity contribution in [2.45, 2.75) is 32.7 Å². The highest BCUT2D eigenvalue weighted by Gasteiger charge is 2.16. The molecule has 0 atom stereocenters. The summed E-state index contributed by atoms with van der Waals surface area (Å²) in [5.74, 6) is -3.20. The molecule has 0 saturated carbocycles. The minimum atomic E-state index is -1.02. The van der Waals surface area contributed by atoms with Gasteiger partial charge in [-0.05, 0) is 36.6 Å². The molecule has 138 valence electrons. The molecule has 0 bridgehead atoms. The maximum absolute atomic E-state index is 13.4. The van der Waals surface area contributed by atoms with E-state index in [9.17, 15) is 18.4 Å². The summed E-state index contributed by atoms with van der Waals surface area (Å²) < 4.78 is 26.4. The van der Waals surface area contributed by atoms with Gasteiger partial charge in [-0.1, -0.05) is 35.9 Å². The molecule has 0 unspecified atom stereocenters. The molecular formula is C20H21F2NO3. The maximum Gasteiger partial charge on any atom is 0.305 e. The zero-order chi connectivity index (χ0) is 19.1. The predicted octanol–water partition coefficient (Wildman–Crippen LogP) is 3.71. The van der Waals surface area contributed by atoms with Crippen LogP contribution in [0.1, 0.15) is 29.5 Å². The van der Waals surface area contributed by atoms with Gasteiger partial charge in [0, 0.05) is 19.5 Å². The fourth-order valence-corrected chi connectivity index (χ4v) is 2.55. The van der Waals surface area contributed by atoms with Crippen LogP contribution >= 0.6 is 0 Å². The molecule has 0 aliphatic rings. The highest BCUT2D eigenvalue weighted by atomic mass is 19.2. The molecule has 0 aliphatic heterocycles. The Labute approximate surface area is 151 Å². The van der Waals surface area contributed by atoms with Crippen molar-refractivity contribution < 1.29 is 23.5 Å². The van der Waals surface area contributed by atoms with Crippen molar-refractivity contribution in [3.63, 3.8) is 0 Å². The minimum Gasteiger partial charge on any atom is -0.481 e. The minimum absolute atomic E-state index is 0.0149. The Morgan fingerprint density at radius 1 is 0.962 bits per heavy atom. The van der Waals surface area contributed by atoms with Crippen molar-refractivity contribution in [3.05, 3.63) is 70.8 Å². The zero-order valence-electron chi connectivity index (χ0n) is 14.5. The molecule has 0 aliphatic carbocycles. The molecule has 2 aromatic rings. The van der Waals surface area contributed by atoms with Crippen LogP contribution in [0.15, 0.2) is 42.5 Å². The normalized spacial score (nSPS) is 10.6. The topological polar surface area (TPSA) is 57.6 Å². The van der Waals surface area contributed by atoms with Crippen LogP contribution in [0.2, 0.25) is 0 Å². The number of benzene rings is 2. The van der Waals surface area contributed by atoms with Crippen LogP contribution in [-0.4, -0.2) is 28.4 Å². The quantitative estimate of drug-likeness (QED) is 0.780. The molecule has 0 spiro atoms. The van der Waals surface area contributed by atoms with Crippen LogP contribution in [0.5, 0.6) is 0 Å². The van der Waals surface area contributed by atoms with Crippen LogP contribution in [0.3, 0.4) is 0 Å². The highest BCUT2D eigenvalue weighted by Crippen LogP contribution is 2.13. The number of aryl methyl sites for hydroxylation is 2. The summed E-state index contributed by atoms with van der Waals surface area (Å²) in [5, 5.41) is 8.88. The molecule has 26 heavy (non-hydrogen) atoms. The second-order valence-corrected chi connectivity index (χ2v) is 6.19. The van der Waals surface area contributed by atoms with E-state index < -0.39 is 17.6 Å². The van der Waals surface area contributed by atoms with E-state index in [1.807, 2.05) is 31.2 Å². The summed E-state index contributed by atoms with van der Waals surface area (Å²) >= 11 is 0. The third kappa shape index (κ3) is 5.95. The number of hydrogen-bond donors (Lipinski definition) is 1. The van der Waals surface area contributed by atoms with Crippen molar-refractivity contribution in [2.75, 3.05) is 6.54 Å². The van der Waals surface area contributed by atoms with Crippen LogP contribution in [-0.2, 0) is 22.6 Å². The molecule has 0 fully saturated rings. The summed E-state index contributed by atoms with van der Waals surface area (Å²) in [6.07, 6.45) is 0.534. The fourth-order valence-electron chi connectivity index (χ4n) is 2.55. The van der Waals surface area contributed by atoms with Gasteiger partial charge in [-0.2, -0.15) is 0 Å². The summed E-state index contributed by atoms with van der Waals surface area (Å²) in [4.78, 5) is 24.7. The van der Waals surface area contributed by atoms with Gasteiger partial charge in [0.05, 0.1) is 6.42 Å². The molecule has 2 rings (SSSR count). The average molecular weight is 361 g/mol. The van der Waals surface area contributed by atoms with Crippen molar-refractivity contribution in [3.8, 4) is 0 Å². The average Bonchev–Trinajstić information content (AvgIpc) is 2.60. The smallest absolute Gasteiger partial charge is 0.305 e. The number of carbonyl (C=O) groups excluding carboxylic acids is 1. The molecular weight excluding hydrogens is 340 g/mol. The van der Waals surface area contributed by atoms with E-state index in [1.165, 1.54) is 11.0 Å². The molecule has 0 radical (unpaired) electrons. The summed E-state index contributed by atoms with van der Waals surface area (Å²) in [5.41, 5.74) is 2.55. The number of carboxylic acids is 1. The van der Waals surface area contributed by atoms with Gasteiger partial charge in [0.25, 0.3) is 0 Å². The number of amides is 1. The van der Waals surface area contributed by atoms with Gasteiger partial charge < -0.3 is 10.0 Å². The van der Waals surface area contributed by atoms with E-state index in [-0.39, 0.29) is 31.8 Å². The summed E-state index contributed by atoms with van der Waals surface area (Å²) in [6.45, 7) is 2.03. The van der Waals surface area contributed by atoms with E-state index in [0.29, 0.717) is 12.0 Å². The summed E-state index contributed by atoms with van der Waals surface area (Å²) in [6, 6.07) is 11.2. The number of halogens is 2. The lowest BCUT2D eigenvalue weighted by atomic mass is 10.1. The number of hydrogen-bond acceptors (Lipinski definition) is 2. The number of carbonyl (C=O) groups is 2. The van der Waals surface area contributed by atoms with Gasteiger partial charge in [0.2, 0.25) is 5.91 Å². The maximum atomic E-state index is 13.4. The second kappa shape index (κ2) is 9.08. The first kappa shape index (κ1) is 19.6. The molecule has 0 heterocycles. The SMILES string of the molecule is Cc1ccc(CCC(=O)N(CCC(=O)O)Cc2ccc(F)c(F)c2)cc1. The van der Waals surface area contributed by atoms with Crippen LogP contribution in [0.25, 0.3) is 0 Å². The Kier molecular flexibility index (Phi) is 6.83. The standard InChI is InChI=1S/C20H21F2NO3/c1-14-2-4-15(5-3-14)7-9-19(24)23(11-10-20(25)26)13-16-6-8-17(21)18(22)12-16/h2-6,8,12H,7,9-11,13H2,1H3,(H,25,26). The van der Waals surface area contributed by atoms with Gasteiger partial charge in [-0.15, -0.1) is 0 Å². The lowest BCUT2D eigenvalue weighted by Crippen LogP contribution is -2.32. The molecule has 2 aromatic carbocycles. The van der Waals surface area contributed by atoms with Crippen LogP contribution in [0.4, 0.5) is 8.78 Å². The van der Waals surface area contributed by atoms with Gasteiger partial charge in [-0.3, -0.25) is 9.59 Å². The van der Waals surface area contributed by atoms with E-state index in [2.05, 4.69) is 0 Å². The van der Waals surface area contributed by atoms with Crippen molar-refractivity contribution >= 4 is 11.9 Å². The third-order valence-corrected chi connectivity index (χ3v) is 4.05. The lowest BCUT2D eigenvalue weighted by molar-refractivity contribution is -0.138. The van der Waals surface area contributed by atoms with E-state index in [0.717, 1.165) is 23.3 Å². The Bertz CT molecular complexity index is 775. The van der Waals surface area contributed by atoms with Crippen molar-refractivity contribution in [2.24, 2.45) is 0 Å². The Hall–Kier alpha value is -2.76. The van der Waals surface area contributed by atoms with Crippen molar-refractivity contribution in [1.29, 1.82) is 0 Å². The molecule has 6 heteroatoms. The lowest BCUT2D eigenvalue weighted by Gasteiger charge is -2.22. The Morgan fingerprint density at radius 3 is 2.23 bits per heavy atom. The number of carboxylic acid groups (broad SMARTS) is 1. The van der Waals surface area contributed by atoms with E-state index >= 15 is 0 Å². The molecule has 0 aromatic heterocycles. The highest BCUT2D eigenvalue weighted by molar-refractivity contribution is 5.77. The van der Waals surface area contributed by atoms with Crippen LogP contribution in [0, 0.1) is 18.6 Å². The van der Waals surface area contributed by atoms with Crippen LogP contribution < -0.4 is 0 Å². The predicted molar refractivity (Wildman–Crippen MR) is 93.5 cm³/mol. The fraction of sp³-hybridized carbons (Fsp3) is 0.300.